The van der Waals surface area contributed by atoms with Gasteiger partial charge >= 0.3 is 0 Å². The van der Waals surface area contributed by atoms with Crippen molar-refractivity contribution in [3.63, 3.8) is 0 Å². The number of amides is 1. The Hall–Kier alpha value is -2.14. The summed E-state index contributed by atoms with van der Waals surface area (Å²) in [6, 6.07) is 12.8. The average Bonchev–Trinajstić information content (AvgIpc) is 3.26. The molecule has 0 aliphatic carbocycles. The third kappa shape index (κ3) is 4.93. The van der Waals surface area contributed by atoms with E-state index in [0.29, 0.717) is 12.6 Å². The number of hydrogen-bond donors (Lipinski definition) is 1. The summed E-state index contributed by atoms with van der Waals surface area (Å²) < 4.78 is 1.96. The van der Waals surface area contributed by atoms with Crippen LogP contribution in [0.15, 0.2) is 48.8 Å². The van der Waals surface area contributed by atoms with Crippen molar-refractivity contribution < 1.29 is 4.79 Å². The lowest BCUT2D eigenvalue weighted by Gasteiger charge is -2.23. The van der Waals surface area contributed by atoms with Crippen LogP contribution in [0, 0.1) is 0 Å². The lowest BCUT2D eigenvalue weighted by atomic mass is 10.1. The molecule has 1 saturated heterocycles. The van der Waals surface area contributed by atoms with E-state index in [1.165, 1.54) is 5.56 Å². The summed E-state index contributed by atoms with van der Waals surface area (Å²) in [5.74, 6) is 0.135. The second-order valence-corrected chi connectivity index (χ2v) is 6.43. The molecule has 0 saturated carbocycles. The Morgan fingerprint density at radius 2 is 2.12 bits per heavy atom. The maximum Gasteiger partial charge on any atom is 0.234 e. The first-order valence-electron chi connectivity index (χ1n) is 8.83. The van der Waals surface area contributed by atoms with Gasteiger partial charge in [-0.1, -0.05) is 30.3 Å². The molecule has 1 aromatic heterocycles. The van der Waals surface area contributed by atoms with Gasteiger partial charge in [-0.2, -0.15) is 5.10 Å². The van der Waals surface area contributed by atoms with Crippen LogP contribution in [0.4, 0.5) is 0 Å². The molecular weight excluding hydrogens is 300 g/mol. The average molecular weight is 326 g/mol. The fourth-order valence-corrected chi connectivity index (χ4v) is 3.34. The summed E-state index contributed by atoms with van der Waals surface area (Å²) in [6.45, 7) is 3.11. The highest BCUT2D eigenvalue weighted by molar-refractivity contribution is 5.78. The van der Waals surface area contributed by atoms with Crippen molar-refractivity contribution in [1.82, 2.24) is 20.0 Å². The highest BCUT2D eigenvalue weighted by Gasteiger charge is 2.26. The largest absolute Gasteiger partial charge is 0.355 e. The van der Waals surface area contributed by atoms with Crippen molar-refractivity contribution in [2.24, 2.45) is 0 Å². The maximum atomic E-state index is 12.2. The van der Waals surface area contributed by atoms with Crippen LogP contribution in [0.25, 0.3) is 0 Å². The number of benzene rings is 1. The van der Waals surface area contributed by atoms with Crippen LogP contribution in [0.3, 0.4) is 0 Å². The summed E-state index contributed by atoms with van der Waals surface area (Å²) in [4.78, 5) is 14.5. The van der Waals surface area contributed by atoms with Crippen LogP contribution in [-0.2, 0) is 17.8 Å². The summed E-state index contributed by atoms with van der Waals surface area (Å²) in [6.07, 6.45) is 8.08. The van der Waals surface area contributed by atoms with Gasteiger partial charge in [0.1, 0.15) is 0 Å². The molecule has 0 spiro atoms. The van der Waals surface area contributed by atoms with Crippen molar-refractivity contribution >= 4 is 5.91 Å². The zero-order valence-electron chi connectivity index (χ0n) is 14.1. The standard InChI is InChI=1S/C19H26N4O/c24-19(20-11-4-9-17-7-2-1-3-8-17)16-22-13-5-10-18(22)15-23-14-6-12-21-23/h1-3,6-8,12,14,18H,4-5,9-11,13,15-16H2,(H,20,24). The van der Waals surface area contributed by atoms with Gasteiger partial charge in [-0.05, 0) is 43.9 Å². The Bertz CT molecular complexity index is 612. The van der Waals surface area contributed by atoms with Crippen molar-refractivity contribution in [2.45, 2.75) is 38.3 Å². The minimum absolute atomic E-state index is 0.135. The van der Waals surface area contributed by atoms with Crippen LogP contribution in [-0.4, -0.2) is 46.3 Å². The van der Waals surface area contributed by atoms with Gasteiger partial charge < -0.3 is 5.32 Å². The monoisotopic (exact) mass is 326 g/mol. The number of carbonyl (C=O) groups is 1. The van der Waals surface area contributed by atoms with E-state index in [1.807, 2.05) is 23.0 Å². The van der Waals surface area contributed by atoms with Crippen LogP contribution in [0.1, 0.15) is 24.8 Å². The van der Waals surface area contributed by atoms with Crippen LogP contribution < -0.4 is 5.32 Å². The molecule has 3 rings (SSSR count). The van der Waals surface area contributed by atoms with Crippen LogP contribution in [0.2, 0.25) is 0 Å². The van der Waals surface area contributed by atoms with E-state index < -0.39 is 0 Å². The predicted molar refractivity (Wildman–Crippen MR) is 94.6 cm³/mol. The zero-order valence-corrected chi connectivity index (χ0v) is 14.1. The SMILES string of the molecule is O=C(CN1CCCC1Cn1cccn1)NCCCc1ccccc1. The predicted octanol–water partition coefficient (Wildman–Crippen LogP) is 2.10. The molecule has 2 aromatic rings. The first kappa shape index (κ1) is 16.7. The van der Waals surface area contributed by atoms with Crippen molar-refractivity contribution in [3.05, 3.63) is 54.4 Å². The van der Waals surface area contributed by atoms with Gasteiger partial charge in [-0.25, -0.2) is 0 Å². The van der Waals surface area contributed by atoms with Crippen LogP contribution in [0.5, 0.6) is 0 Å². The molecule has 1 aliphatic rings. The molecule has 1 atom stereocenters. The first-order valence-corrected chi connectivity index (χ1v) is 8.83. The summed E-state index contributed by atoms with van der Waals surface area (Å²) >= 11 is 0. The van der Waals surface area contributed by atoms with E-state index in [1.54, 1.807) is 6.20 Å². The second kappa shape index (κ2) is 8.64. The van der Waals surface area contributed by atoms with Gasteiger partial charge in [-0.3, -0.25) is 14.4 Å². The van der Waals surface area contributed by atoms with Crippen molar-refractivity contribution in [3.8, 4) is 0 Å². The third-order valence-electron chi connectivity index (χ3n) is 4.61. The molecule has 1 aromatic carbocycles. The smallest absolute Gasteiger partial charge is 0.234 e. The number of aryl methyl sites for hydroxylation is 1. The minimum atomic E-state index is 0.135. The fraction of sp³-hybridized carbons (Fsp3) is 0.474. The number of nitrogens with one attached hydrogen (secondary N) is 1. The number of carbonyl (C=O) groups excluding carboxylic acids is 1. The molecule has 1 aliphatic heterocycles. The van der Waals surface area contributed by atoms with Crippen molar-refractivity contribution in [2.75, 3.05) is 19.6 Å². The molecule has 0 bridgehead atoms. The highest BCUT2D eigenvalue weighted by Crippen LogP contribution is 2.18. The molecule has 2 heterocycles. The molecular formula is C19H26N4O. The second-order valence-electron chi connectivity index (χ2n) is 6.43. The van der Waals surface area contributed by atoms with Gasteiger partial charge in [0, 0.05) is 25.0 Å². The number of aromatic nitrogens is 2. The molecule has 5 heteroatoms. The normalized spacial score (nSPS) is 17.9. The molecule has 1 fully saturated rings. The first-order chi connectivity index (χ1) is 11.8. The highest BCUT2D eigenvalue weighted by atomic mass is 16.2. The summed E-state index contributed by atoms with van der Waals surface area (Å²) in [5.41, 5.74) is 1.32. The Morgan fingerprint density at radius 1 is 1.25 bits per heavy atom. The number of nitrogens with zero attached hydrogens (tertiary/aromatic N) is 3. The summed E-state index contributed by atoms with van der Waals surface area (Å²) in [5, 5.41) is 7.33. The van der Waals surface area contributed by atoms with E-state index in [9.17, 15) is 4.79 Å². The molecule has 24 heavy (non-hydrogen) atoms. The van der Waals surface area contributed by atoms with E-state index >= 15 is 0 Å². The zero-order chi connectivity index (χ0) is 16.6. The summed E-state index contributed by atoms with van der Waals surface area (Å²) in [7, 11) is 0. The van der Waals surface area contributed by atoms with E-state index in [-0.39, 0.29) is 5.91 Å². The maximum absolute atomic E-state index is 12.2. The molecule has 1 amide bonds. The third-order valence-corrected chi connectivity index (χ3v) is 4.61. The quantitative estimate of drug-likeness (QED) is 0.756. The molecule has 5 nitrogen and oxygen atoms in total. The minimum Gasteiger partial charge on any atom is -0.355 e. The Morgan fingerprint density at radius 3 is 2.92 bits per heavy atom. The lowest BCUT2D eigenvalue weighted by molar-refractivity contribution is -0.122. The number of hydrogen-bond acceptors (Lipinski definition) is 3. The molecule has 1 N–H and O–H groups in total. The lowest BCUT2D eigenvalue weighted by Crippen LogP contribution is -2.41. The van der Waals surface area contributed by atoms with Gasteiger partial charge in [0.25, 0.3) is 0 Å². The van der Waals surface area contributed by atoms with Gasteiger partial charge in [0.2, 0.25) is 5.91 Å². The number of rotatable bonds is 8. The van der Waals surface area contributed by atoms with Crippen LogP contribution >= 0.6 is 0 Å². The van der Waals surface area contributed by atoms with E-state index in [2.05, 4.69) is 39.6 Å². The van der Waals surface area contributed by atoms with E-state index in [4.69, 9.17) is 0 Å². The van der Waals surface area contributed by atoms with Gasteiger partial charge in [-0.15, -0.1) is 0 Å². The molecule has 0 radical (unpaired) electrons. The Kier molecular flexibility index (Phi) is 6.01. The Balaban J connectivity index is 1.36. The van der Waals surface area contributed by atoms with Gasteiger partial charge in [0.05, 0.1) is 13.1 Å². The number of likely N-dealkylation sites (tertiary alicyclic amines) is 1. The van der Waals surface area contributed by atoms with E-state index in [0.717, 1.165) is 45.3 Å². The van der Waals surface area contributed by atoms with Gasteiger partial charge in [0.15, 0.2) is 0 Å². The fourth-order valence-electron chi connectivity index (χ4n) is 3.34. The molecule has 128 valence electrons. The Labute approximate surface area is 143 Å². The topological polar surface area (TPSA) is 50.2 Å². The van der Waals surface area contributed by atoms with Crippen molar-refractivity contribution in [1.29, 1.82) is 0 Å². The molecule has 1 unspecified atom stereocenters.